The lowest BCUT2D eigenvalue weighted by atomic mass is 10.4. The van der Waals surface area contributed by atoms with Crippen molar-refractivity contribution < 1.29 is 12.8 Å². The molecule has 1 aromatic rings. The smallest absolute Gasteiger partial charge is 0.211 e. The largest absolute Gasteiger partial charge is 0.468 e. The molecule has 0 unspecified atom stereocenters. The summed E-state index contributed by atoms with van der Waals surface area (Å²) in [6.07, 6.45) is 4.73. The van der Waals surface area contributed by atoms with Gasteiger partial charge in [0.05, 0.1) is 19.1 Å². The molecule has 0 aromatic carbocycles. The third-order valence-corrected chi connectivity index (χ3v) is 3.55. The summed E-state index contributed by atoms with van der Waals surface area (Å²) >= 11 is 0. The van der Waals surface area contributed by atoms with Crippen LogP contribution in [0.1, 0.15) is 18.6 Å². The van der Waals surface area contributed by atoms with Crippen molar-refractivity contribution in [3.63, 3.8) is 0 Å². The van der Waals surface area contributed by atoms with Crippen LogP contribution in [0.25, 0.3) is 0 Å². The zero-order valence-corrected chi connectivity index (χ0v) is 8.83. The van der Waals surface area contributed by atoms with Gasteiger partial charge in [-0.15, -0.1) is 0 Å². The minimum absolute atomic E-state index is 0.190. The van der Waals surface area contributed by atoms with Gasteiger partial charge < -0.3 is 4.42 Å². The van der Waals surface area contributed by atoms with Crippen LogP contribution in [-0.2, 0) is 16.6 Å². The second kappa shape index (κ2) is 3.40. The fraction of sp³-hybridized carbons (Fsp3) is 0.556. The average Bonchev–Trinajstić information content (AvgIpc) is 2.77. The van der Waals surface area contributed by atoms with Gasteiger partial charge >= 0.3 is 0 Å². The molecule has 14 heavy (non-hydrogen) atoms. The molecule has 1 aromatic heterocycles. The minimum Gasteiger partial charge on any atom is -0.468 e. The maximum absolute atomic E-state index is 11.4. The van der Waals surface area contributed by atoms with Crippen molar-refractivity contribution in [2.45, 2.75) is 25.4 Å². The van der Waals surface area contributed by atoms with Crippen molar-refractivity contribution in [3.05, 3.63) is 24.2 Å². The zero-order valence-electron chi connectivity index (χ0n) is 8.01. The molecular weight excluding hydrogens is 202 g/mol. The van der Waals surface area contributed by atoms with Crippen molar-refractivity contribution in [2.75, 3.05) is 6.26 Å². The van der Waals surface area contributed by atoms with Gasteiger partial charge in [-0.2, -0.15) is 4.31 Å². The van der Waals surface area contributed by atoms with Crippen LogP contribution < -0.4 is 0 Å². The molecular formula is C9H13NO3S. The predicted octanol–water partition coefficient (Wildman–Crippen LogP) is 1.20. The Bertz CT molecular complexity index is 392. The van der Waals surface area contributed by atoms with Crippen molar-refractivity contribution in [1.29, 1.82) is 0 Å². The van der Waals surface area contributed by atoms with E-state index in [0.29, 0.717) is 12.3 Å². The summed E-state index contributed by atoms with van der Waals surface area (Å²) in [6, 6.07) is 3.75. The first-order chi connectivity index (χ1) is 6.57. The fourth-order valence-corrected chi connectivity index (χ4v) is 2.55. The van der Waals surface area contributed by atoms with Gasteiger partial charge in [-0.05, 0) is 25.0 Å². The number of nitrogens with zero attached hydrogens (tertiary/aromatic N) is 1. The molecule has 0 aliphatic heterocycles. The van der Waals surface area contributed by atoms with E-state index in [1.807, 2.05) is 0 Å². The Morgan fingerprint density at radius 3 is 2.71 bits per heavy atom. The highest BCUT2D eigenvalue weighted by Crippen LogP contribution is 2.30. The summed E-state index contributed by atoms with van der Waals surface area (Å²) in [5.74, 6) is 0.697. The van der Waals surface area contributed by atoms with Gasteiger partial charge in [-0.3, -0.25) is 0 Å². The standard InChI is InChI=1S/C9H13NO3S/c1-14(11,12)10(8-4-5-8)7-9-3-2-6-13-9/h2-3,6,8H,4-5,7H2,1H3. The molecule has 1 saturated carbocycles. The van der Waals surface area contributed by atoms with E-state index in [1.54, 1.807) is 18.4 Å². The van der Waals surface area contributed by atoms with Crippen molar-refractivity contribution in [2.24, 2.45) is 0 Å². The maximum Gasteiger partial charge on any atom is 0.211 e. The van der Waals surface area contributed by atoms with Crippen LogP contribution >= 0.6 is 0 Å². The lowest BCUT2D eigenvalue weighted by molar-refractivity contribution is 0.359. The van der Waals surface area contributed by atoms with E-state index in [4.69, 9.17) is 4.42 Å². The number of rotatable bonds is 4. The second-order valence-electron chi connectivity index (χ2n) is 3.62. The fourth-order valence-electron chi connectivity index (χ4n) is 1.44. The quantitative estimate of drug-likeness (QED) is 0.758. The molecule has 0 atom stereocenters. The van der Waals surface area contributed by atoms with Crippen LogP contribution in [0.15, 0.2) is 22.8 Å². The number of hydrogen-bond acceptors (Lipinski definition) is 3. The third-order valence-electron chi connectivity index (χ3n) is 2.27. The minimum atomic E-state index is -3.10. The first-order valence-electron chi connectivity index (χ1n) is 4.56. The van der Waals surface area contributed by atoms with Crippen molar-refractivity contribution in [1.82, 2.24) is 4.31 Å². The highest BCUT2D eigenvalue weighted by Gasteiger charge is 2.35. The molecule has 5 heteroatoms. The Morgan fingerprint density at radius 2 is 2.29 bits per heavy atom. The predicted molar refractivity (Wildman–Crippen MR) is 52.1 cm³/mol. The molecule has 0 saturated heterocycles. The SMILES string of the molecule is CS(=O)(=O)N(Cc1ccco1)C1CC1. The molecule has 0 spiro atoms. The molecule has 0 N–H and O–H groups in total. The van der Waals surface area contributed by atoms with Crippen molar-refractivity contribution >= 4 is 10.0 Å². The topological polar surface area (TPSA) is 50.5 Å². The highest BCUT2D eigenvalue weighted by atomic mass is 32.2. The van der Waals surface area contributed by atoms with E-state index in [0.717, 1.165) is 12.8 Å². The van der Waals surface area contributed by atoms with Crippen molar-refractivity contribution in [3.8, 4) is 0 Å². The van der Waals surface area contributed by atoms with Crippen LogP contribution in [0.4, 0.5) is 0 Å². The van der Waals surface area contributed by atoms with Gasteiger partial charge in [0.1, 0.15) is 5.76 Å². The molecule has 2 rings (SSSR count). The van der Waals surface area contributed by atoms with Gasteiger partial charge in [0.25, 0.3) is 0 Å². The summed E-state index contributed by atoms with van der Waals surface area (Å²) in [4.78, 5) is 0. The summed E-state index contributed by atoms with van der Waals surface area (Å²) < 4.78 is 29.5. The lowest BCUT2D eigenvalue weighted by Crippen LogP contribution is -2.31. The third kappa shape index (κ3) is 2.16. The number of hydrogen-bond donors (Lipinski definition) is 0. The molecule has 0 amide bonds. The van der Waals surface area contributed by atoms with Gasteiger partial charge in [-0.1, -0.05) is 0 Å². The van der Waals surface area contributed by atoms with E-state index >= 15 is 0 Å². The molecule has 1 aliphatic rings. The van der Waals surface area contributed by atoms with Gasteiger partial charge in [0.2, 0.25) is 10.0 Å². The van der Waals surface area contributed by atoms with Crippen LogP contribution in [0.3, 0.4) is 0 Å². The summed E-state index contributed by atoms with van der Waals surface area (Å²) in [7, 11) is -3.10. The van der Waals surface area contributed by atoms with Gasteiger partial charge in [0.15, 0.2) is 0 Å². The summed E-state index contributed by atoms with van der Waals surface area (Å²) in [6.45, 7) is 0.358. The molecule has 1 heterocycles. The molecule has 78 valence electrons. The monoisotopic (exact) mass is 215 g/mol. The van der Waals surface area contributed by atoms with Gasteiger partial charge in [0, 0.05) is 6.04 Å². The molecule has 4 nitrogen and oxygen atoms in total. The van der Waals surface area contributed by atoms with E-state index in [1.165, 1.54) is 10.6 Å². The molecule has 0 radical (unpaired) electrons. The van der Waals surface area contributed by atoms with E-state index in [-0.39, 0.29) is 6.04 Å². The van der Waals surface area contributed by atoms with Crippen LogP contribution in [0.5, 0.6) is 0 Å². The number of sulfonamides is 1. The molecule has 1 aliphatic carbocycles. The first-order valence-corrected chi connectivity index (χ1v) is 6.41. The Labute approximate surface area is 83.6 Å². The van der Waals surface area contributed by atoms with E-state index in [2.05, 4.69) is 0 Å². The second-order valence-corrected chi connectivity index (χ2v) is 5.55. The van der Waals surface area contributed by atoms with Crippen LogP contribution in [0.2, 0.25) is 0 Å². The Balaban J connectivity index is 2.13. The van der Waals surface area contributed by atoms with Crippen LogP contribution in [-0.4, -0.2) is 25.0 Å². The normalized spacial score (nSPS) is 17.6. The zero-order chi connectivity index (χ0) is 10.2. The maximum atomic E-state index is 11.4. The molecule has 1 fully saturated rings. The Morgan fingerprint density at radius 1 is 1.57 bits per heavy atom. The van der Waals surface area contributed by atoms with E-state index < -0.39 is 10.0 Å². The first kappa shape index (κ1) is 9.73. The van der Waals surface area contributed by atoms with Gasteiger partial charge in [-0.25, -0.2) is 8.42 Å². The summed E-state index contributed by atoms with van der Waals surface area (Å²) in [5, 5.41) is 0. The average molecular weight is 215 g/mol. The molecule has 0 bridgehead atoms. The van der Waals surface area contributed by atoms with E-state index in [9.17, 15) is 8.42 Å². The van der Waals surface area contributed by atoms with Crippen LogP contribution in [0, 0.1) is 0 Å². The Kier molecular flexibility index (Phi) is 2.36. The lowest BCUT2D eigenvalue weighted by Gasteiger charge is -2.17. The summed E-state index contributed by atoms with van der Waals surface area (Å²) in [5.41, 5.74) is 0. The number of furan rings is 1. The highest BCUT2D eigenvalue weighted by molar-refractivity contribution is 7.88. The Hall–Kier alpha value is -0.810.